The predicted molar refractivity (Wildman–Crippen MR) is 87.5 cm³/mol. The Bertz CT molecular complexity index is 839. The van der Waals surface area contributed by atoms with E-state index in [0.29, 0.717) is 21.3 Å². The lowest BCUT2D eigenvalue weighted by Gasteiger charge is -2.07. The van der Waals surface area contributed by atoms with Crippen LogP contribution < -0.4 is 5.32 Å². The zero-order chi connectivity index (χ0) is 15.0. The number of carbonyl (C=O) groups is 1. The van der Waals surface area contributed by atoms with Gasteiger partial charge in [0.1, 0.15) is 0 Å². The Morgan fingerprint density at radius 3 is 2.71 bits per heavy atom. The molecule has 3 aromatic rings. The van der Waals surface area contributed by atoms with Crippen LogP contribution in [0.4, 0.5) is 5.69 Å². The number of halogens is 2. The van der Waals surface area contributed by atoms with E-state index >= 15 is 0 Å². The highest BCUT2D eigenvalue weighted by Crippen LogP contribution is 2.23. The number of nitrogens with one attached hydrogen (secondary N) is 2. The maximum atomic E-state index is 12.3. The Kier molecular flexibility index (Phi) is 3.62. The quantitative estimate of drug-likeness (QED) is 0.683. The van der Waals surface area contributed by atoms with Crippen LogP contribution in [0.2, 0.25) is 10.0 Å². The van der Waals surface area contributed by atoms with Crippen molar-refractivity contribution in [2.75, 3.05) is 5.32 Å². The standard InChI is InChI=1S/C16H12Cl2N2O/c1-9-6-10-7-12(3-5-15(10)19-9)20-16(21)13-8-11(17)2-4-14(13)18/h2-8,19H,1H3,(H,20,21). The van der Waals surface area contributed by atoms with Crippen LogP contribution in [0.3, 0.4) is 0 Å². The van der Waals surface area contributed by atoms with Crippen molar-refractivity contribution in [3.05, 3.63) is 63.8 Å². The van der Waals surface area contributed by atoms with E-state index in [1.807, 2.05) is 31.2 Å². The highest BCUT2D eigenvalue weighted by atomic mass is 35.5. The number of aromatic amines is 1. The molecule has 3 rings (SSSR count). The number of H-pyrrole nitrogens is 1. The van der Waals surface area contributed by atoms with Crippen LogP contribution in [-0.4, -0.2) is 10.9 Å². The summed E-state index contributed by atoms with van der Waals surface area (Å²) in [4.78, 5) is 15.5. The summed E-state index contributed by atoms with van der Waals surface area (Å²) in [6, 6.07) is 12.5. The summed E-state index contributed by atoms with van der Waals surface area (Å²) in [7, 11) is 0. The number of anilines is 1. The summed E-state index contributed by atoms with van der Waals surface area (Å²) in [5.41, 5.74) is 3.18. The first-order chi connectivity index (χ1) is 10.0. The van der Waals surface area contributed by atoms with Gasteiger partial charge >= 0.3 is 0 Å². The number of benzene rings is 2. The van der Waals surface area contributed by atoms with E-state index in [1.54, 1.807) is 18.2 Å². The maximum Gasteiger partial charge on any atom is 0.257 e. The minimum absolute atomic E-state index is 0.283. The lowest BCUT2D eigenvalue weighted by atomic mass is 10.2. The topological polar surface area (TPSA) is 44.9 Å². The predicted octanol–water partition coefficient (Wildman–Crippen LogP) is 5.04. The lowest BCUT2D eigenvalue weighted by molar-refractivity contribution is 0.102. The average molecular weight is 319 g/mol. The fraction of sp³-hybridized carbons (Fsp3) is 0.0625. The van der Waals surface area contributed by atoms with Gasteiger partial charge in [0.15, 0.2) is 0 Å². The number of fused-ring (bicyclic) bond motifs is 1. The number of aromatic nitrogens is 1. The van der Waals surface area contributed by atoms with E-state index in [4.69, 9.17) is 23.2 Å². The van der Waals surface area contributed by atoms with Crippen LogP contribution in [-0.2, 0) is 0 Å². The molecule has 1 amide bonds. The van der Waals surface area contributed by atoms with E-state index in [9.17, 15) is 4.79 Å². The van der Waals surface area contributed by atoms with Gasteiger partial charge in [-0.2, -0.15) is 0 Å². The number of hydrogen-bond acceptors (Lipinski definition) is 1. The molecule has 1 aromatic heterocycles. The SMILES string of the molecule is Cc1cc2cc(NC(=O)c3cc(Cl)ccc3Cl)ccc2[nH]1. The number of aryl methyl sites for hydroxylation is 1. The van der Waals surface area contributed by atoms with Gasteiger partial charge in [-0.1, -0.05) is 23.2 Å². The number of hydrogen-bond donors (Lipinski definition) is 2. The average Bonchev–Trinajstić information content (AvgIpc) is 2.80. The Balaban J connectivity index is 1.90. The molecular formula is C16H12Cl2N2O. The molecule has 0 bridgehead atoms. The van der Waals surface area contributed by atoms with Crippen molar-refractivity contribution in [2.24, 2.45) is 0 Å². The van der Waals surface area contributed by atoms with Crippen molar-refractivity contribution < 1.29 is 4.79 Å². The van der Waals surface area contributed by atoms with Gasteiger partial charge in [-0.05, 0) is 49.4 Å². The van der Waals surface area contributed by atoms with Crippen LogP contribution in [0, 0.1) is 6.92 Å². The monoisotopic (exact) mass is 318 g/mol. The molecule has 0 aliphatic carbocycles. The lowest BCUT2D eigenvalue weighted by Crippen LogP contribution is -2.12. The van der Waals surface area contributed by atoms with Crippen LogP contribution in [0.1, 0.15) is 16.1 Å². The Hall–Kier alpha value is -1.97. The Morgan fingerprint density at radius 2 is 1.90 bits per heavy atom. The molecule has 0 unspecified atom stereocenters. The second-order valence-corrected chi connectivity index (χ2v) is 5.68. The van der Waals surface area contributed by atoms with Crippen molar-refractivity contribution in [1.29, 1.82) is 0 Å². The molecule has 1 heterocycles. The molecule has 5 heteroatoms. The van der Waals surface area contributed by atoms with E-state index in [0.717, 1.165) is 16.6 Å². The van der Waals surface area contributed by atoms with Gasteiger partial charge < -0.3 is 10.3 Å². The molecule has 0 aliphatic rings. The first kappa shape index (κ1) is 14.0. The summed E-state index contributed by atoms with van der Waals surface area (Å²) < 4.78 is 0. The van der Waals surface area contributed by atoms with E-state index in [1.165, 1.54) is 0 Å². The van der Waals surface area contributed by atoms with Crippen LogP contribution in [0.15, 0.2) is 42.5 Å². The summed E-state index contributed by atoms with van der Waals surface area (Å²) >= 11 is 11.9. The van der Waals surface area contributed by atoms with Gasteiger partial charge in [0.25, 0.3) is 5.91 Å². The summed E-state index contributed by atoms with van der Waals surface area (Å²) in [6.07, 6.45) is 0. The zero-order valence-electron chi connectivity index (χ0n) is 11.2. The fourth-order valence-electron chi connectivity index (χ4n) is 2.23. The van der Waals surface area contributed by atoms with Crippen molar-refractivity contribution in [2.45, 2.75) is 6.92 Å². The van der Waals surface area contributed by atoms with E-state index in [-0.39, 0.29) is 5.91 Å². The fourth-order valence-corrected chi connectivity index (χ4v) is 2.60. The number of rotatable bonds is 2. The van der Waals surface area contributed by atoms with Crippen molar-refractivity contribution in [3.8, 4) is 0 Å². The molecular weight excluding hydrogens is 307 g/mol. The second kappa shape index (κ2) is 5.43. The number of amides is 1. The highest BCUT2D eigenvalue weighted by molar-refractivity contribution is 6.36. The van der Waals surface area contributed by atoms with Crippen LogP contribution in [0.25, 0.3) is 10.9 Å². The van der Waals surface area contributed by atoms with Crippen LogP contribution >= 0.6 is 23.2 Å². The summed E-state index contributed by atoms with van der Waals surface area (Å²) in [6.45, 7) is 1.99. The molecule has 3 nitrogen and oxygen atoms in total. The maximum absolute atomic E-state index is 12.3. The molecule has 0 saturated heterocycles. The van der Waals surface area contributed by atoms with Crippen LogP contribution in [0.5, 0.6) is 0 Å². The molecule has 2 N–H and O–H groups in total. The summed E-state index contributed by atoms with van der Waals surface area (Å²) in [5.74, 6) is -0.283. The minimum atomic E-state index is -0.283. The second-order valence-electron chi connectivity index (χ2n) is 4.83. The highest BCUT2D eigenvalue weighted by Gasteiger charge is 2.11. The molecule has 0 spiro atoms. The minimum Gasteiger partial charge on any atom is -0.359 e. The van der Waals surface area contributed by atoms with E-state index < -0.39 is 0 Å². The third kappa shape index (κ3) is 2.89. The molecule has 2 aromatic carbocycles. The van der Waals surface area contributed by atoms with Gasteiger partial charge in [-0.25, -0.2) is 0 Å². The molecule has 0 radical (unpaired) electrons. The molecule has 0 aliphatic heterocycles. The summed E-state index contributed by atoms with van der Waals surface area (Å²) in [5, 5.41) is 4.72. The Labute approximate surface area is 131 Å². The third-order valence-electron chi connectivity index (χ3n) is 3.19. The first-order valence-electron chi connectivity index (χ1n) is 6.39. The largest absolute Gasteiger partial charge is 0.359 e. The van der Waals surface area contributed by atoms with E-state index in [2.05, 4.69) is 10.3 Å². The van der Waals surface area contributed by atoms with Gasteiger partial charge in [0.2, 0.25) is 0 Å². The normalized spacial score (nSPS) is 10.8. The number of carbonyl (C=O) groups excluding carboxylic acids is 1. The Morgan fingerprint density at radius 1 is 1.10 bits per heavy atom. The zero-order valence-corrected chi connectivity index (χ0v) is 12.7. The third-order valence-corrected chi connectivity index (χ3v) is 3.75. The first-order valence-corrected chi connectivity index (χ1v) is 7.14. The van der Waals surface area contributed by atoms with Crippen molar-refractivity contribution in [1.82, 2.24) is 4.98 Å². The molecule has 0 atom stereocenters. The molecule has 21 heavy (non-hydrogen) atoms. The van der Waals surface area contributed by atoms with Gasteiger partial charge in [-0.15, -0.1) is 0 Å². The van der Waals surface area contributed by atoms with Gasteiger partial charge in [0, 0.05) is 27.3 Å². The molecule has 0 saturated carbocycles. The molecule has 0 fully saturated rings. The van der Waals surface area contributed by atoms with Crippen molar-refractivity contribution in [3.63, 3.8) is 0 Å². The smallest absolute Gasteiger partial charge is 0.257 e. The van der Waals surface area contributed by atoms with Gasteiger partial charge in [-0.3, -0.25) is 4.79 Å². The van der Waals surface area contributed by atoms with Gasteiger partial charge in [0.05, 0.1) is 10.6 Å². The van der Waals surface area contributed by atoms with Crippen molar-refractivity contribution >= 4 is 45.7 Å². The molecule has 106 valence electrons.